The number of aromatic nitrogens is 3. The smallest absolute Gasteiger partial charge is 0.407 e. The molecule has 0 bridgehead atoms. The van der Waals surface area contributed by atoms with E-state index in [1.54, 1.807) is 22.2 Å². The van der Waals surface area contributed by atoms with Crippen molar-refractivity contribution in [3.63, 3.8) is 0 Å². The molecule has 3 aromatic rings. The number of likely N-dealkylation sites (tertiary alicyclic amines) is 1. The molecular formula is C21H21ClN6O3. The first-order valence-corrected chi connectivity index (χ1v) is 10.3. The van der Waals surface area contributed by atoms with E-state index in [1.807, 2.05) is 24.3 Å². The van der Waals surface area contributed by atoms with Crippen molar-refractivity contribution in [2.24, 2.45) is 13.0 Å². The molecule has 31 heavy (non-hydrogen) atoms. The lowest BCUT2D eigenvalue weighted by molar-refractivity contribution is 0.116. The van der Waals surface area contributed by atoms with Gasteiger partial charge in [-0.2, -0.15) is 5.26 Å². The number of aryl methyl sites for hydroxylation is 1. The van der Waals surface area contributed by atoms with Crippen molar-refractivity contribution < 1.29 is 9.90 Å². The van der Waals surface area contributed by atoms with Crippen molar-refractivity contribution in [2.45, 2.75) is 19.4 Å². The van der Waals surface area contributed by atoms with Crippen molar-refractivity contribution in [1.29, 1.82) is 5.26 Å². The number of nitrogens with zero attached hydrogens (tertiary/aromatic N) is 5. The van der Waals surface area contributed by atoms with Crippen molar-refractivity contribution in [1.82, 2.24) is 19.0 Å². The first-order chi connectivity index (χ1) is 14.9. The van der Waals surface area contributed by atoms with Crippen LogP contribution in [0.25, 0.3) is 11.0 Å². The first kappa shape index (κ1) is 20.8. The zero-order chi connectivity index (χ0) is 22.1. The molecule has 2 aromatic heterocycles. The van der Waals surface area contributed by atoms with Gasteiger partial charge in [-0.25, -0.2) is 14.6 Å². The molecule has 10 heteroatoms. The fourth-order valence-electron chi connectivity index (χ4n) is 4.11. The lowest BCUT2D eigenvalue weighted by Gasteiger charge is -2.30. The number of nitrogens with one attached hydrogen (secondary N) is 1. The van der Waals surface area contributed by atoms with Crippen LogP contribution in [0.4, 0.5) is 16.2 Å². The highest BCUT2D eigenvalue weighted by Gasteiger charge is 2.25. The van der Waals surface area contributed by atoms with Crippen LogP contribution in [0.15, 0.2) is 35.3 Å². The molecule has 1 unspecified atom stereocenters. The molecule has 1 aliphatic heterocycles. The zero-order valence-electron chi connectivity index (χ0n) is 16.9. The topological polar surface area (TPSA) is 116 Å². The van der Waals surface area contributed by atoms with Crippen LogP contribution in [0.3, 0.4) is 0 Å². The van der Waals surface area contributed by atoms with Crippen LogP contribution >= 0.6 is 11.6 Å². The van der Waals surface area contributed by atoms with Gasteiger partial charge in [-0.3, -0.25) is 9.13 Å². The number of fused-ring (bicyclic) bond motifs is 1. The van der Waals surface area contributed by atoms with Gasteiger partial charge in [0.15, 0.2) is 0 Å². The number of carbonyl (C=O) groups is 1. The Labute approximate surface area is 183 Å². The second-order valence-corrected chi connectivity index (χ2v) is 8.01. The summed E-state index contributed by atoms with van der Waals surface area (Å²) in [4.78, 5) is 29.6. The number of amides is 1. The number of imidazole rings is 1. The van der Waals surface area contributed by atoms with Crippen molar-refractivity contribution >= 4 is 40.1 Å². The Morgan fingerprint density at radius 3 is 2.94 bits per heavy atom. The van der Waals surface area contributed by atoms with E-state index in [2.05, 4.69) is 10.3 Å². The van der Waals surface area contributed by atoms with E-state index in [-0.39, 0.29) is 22.3 Å². The molecule has 0 radical (unpaired) electrons. The van der Waals surface area contributed by atoms with E-state index in [1.165, 1.54) is 11.1 Å². The normalized spacial score (nSPS) is 16.3. The number of piperidine rings is 1. The maximum absolute atomic E-state index is 12.9. The third kappa shape index (κ3) is 3.94. The van der Waals surface area contributed by atoms with Gasteiger partial charge >= 0.3 is 11.8 Å². The highest BCUT2D eigenvalue weighted by molar-refractivity contribution is 6.31. The van der Waals surface area contributed by atoms with E-state index >= 15 is 0 Å². The second kappa shape index (κ2) is 8.32. The molecule has 160 valence electrons. The summed E-state index contributed by atoms with van der Waals surface area (Å²) in [7, 11) is 1.72. The number of benzene rings is 1. The highest BCUT2D eigenvalue weighted by atomic mass is 35.5. The number of pyridine rings is 1. The predicted molar refractivity (Wildman–Crippen MR) is 117 cm³/mol. The third-order valence-corrected chi connectivity index (χ3v) is 5.96. The summed E-state index contributed by atoms with van der Waals surface area (Å²) < 4.78 is 3.28. The largest absolute Gasteiger partial charge is 0.465 e. The summed E-state index contributed by atoms with van der Waals surface area (Å²) in [6.07, 6.45) is 2.24. The monoisotopic (exact) mass is 440 g/mol. The molecule has 1 amide bonds. The fraction of sp³-hybridized carbons (Fsp3) is 0.333. The standard InChI is InChI=1S/C21H21ClN6O3/c1-26-17-5-4-14(25-16-6-7-24-19(22)15(16)10-23)9-18(17)28(20(26)29)12-13-3-2-8-27(11-13)21(30)31/h4-7,9,13H,2-3,8,11-12H2,1H3,(H,24,25)(H,30,31). The minimum atomic E-state index is -0.925. The average molecular weight is 441 g/mol. The highest BCUT2D eigenvalue weighted by Crippen LogP contribution is 2.27. The Hall–Kier alpha value is -3.51. The predicted octanol–water partition coefficient (Wildman–Crippen LogP) is 3.39. The Morgan fingerprint density at radius 2 is 2.19 bits per heavy atom. The van der Waals surface area contributed by atoms with Crippen LogP contribution in [0.1, 0.15) is 18.4 Å². The summed E-state index contributed by atoms with van der Waals surface area (Å²) in [5.74, 6) is 0.0639. The minimum Gasteiger partial charge on any atom is -0.465 e. The molecule has 0 spiro atoms. The van der Waals surface area contributed by atoms with Crippen LogP contribution < -0.4 is 11.0 Å². The first-order valence-electron chi connectivity index (χ1n) is 9.87. The quantitative estimate of drug-likeness (QED) is 0.600. The maximum Gasteiger partial charge on any atom is 0.407 e. The molecule has 4 rings (SSSR count). The Balaban J connectivity index is 1.68. The lowest BCUT2D eigenvalue weighted by Crippen LogP contribution is -2.41. The van der Waals surface area contributed by atoms with Gasteiger partial charge in [0.2, 0.25) is 0 Å². The van der Waals surface area contributed by atoms with Crippen LogP contribution in [0, 0.1) is 17.2 Å². The summed E-state index contributed by atoms with van der Waals surface area (Å²) >= 11 is 6.01. The molecule has 1 aromatic carbocycles. The van der Waals surface area contributed by atoms with Gasteiger partial charge < -0.3 is 15.3 Å². The molecule has 1 saturated heterocycles. The number of rotatable bonds is 4. The fourth-order valence-corrected chi connectivity index (χ4v) is 4.31. The molecule has 1 aliphatic rings. The van der Waals surface area contributed by atoms with Crippen LogP contribution in [-0.2, 0) is 13.6 Å². The van der Waals surface area contributed by atoms with Crippen molar-refractivity contribution in [3.05, 3.63) is 51.7 Å². The van der Waals surface area contributed by atoms with E-state index in [9.17, 15) is 20.0 Å². The Bertz CT molecular complexity index is 1260. The molecular weight excluding hydrogens is 420 g/mol. The molecule has 2 N–H and O–H groups in total. The molecule has 0 aliphatic carbocycles. The van der Waals surface area contributed by atoms with Crippen LogP contribution in [0.5, 0.6) is 0 Å². The van der Waals surface area contributed by atoms with E-state index in [0.717, 1.165) is 23.9 Å². The minimum absolute atomic E-state index is 0.0639. The number of nitriles is 1. The summed E-state index contributed by atoms with van der Waals surface area (Å²) in [6, 6.07) is 9.23. The SMILES string of the molecule is Cn1c(=O)n(CC2CCCN(C(=O)O)C2)c2cc(Nc3ccnc(Cl)c3C#N)ccc21. The Morgan fingerprint density at radius 1 is 1.39 bits per heavy atom. The van der Waals surface area contributed by atoms with E-state index in [4.69, 9.17) is 11.6 Å². The van der Waals surface area contributed by atoms with Crippen molar-refractivity contribution in [3.8, 4) is 6.07 Å². The molecule has 3 heterocycles. The molecule has 1 fully saturated rings. The average Bonchev–Trinajstić information content (AvgIpc) is 2.98. The third-order valence-electron chi connectivity index (χ3n) is 5.67. The summed E-state index contributed by atoms with van der Waals surface area (Å²) in [5.41, 5.74) is 2.82. The van der Waals surface area contributed by atoms with Gasteiger partial charge in [-0.05, 0) is 43.0 Å². The van der Waals surface area contributed by atoms with Gasteiger partial charge in [-0.15, -0.1) is 0 Å². The number of anilines is 2. The van der Waals surface area contributed by atoms with Crippen LogP contribution in [-0.4, -0.2) is 43.3 Å². The molecule has 9 nitrogen and oxygen atoms in total. The van der Waals surface area contributed by atoms with Gasteiger partial charge in [-0.1, -0.05) is 11.6 Å². The summed E-state index contributed by atoms with van der Waals surface area (Å²) in [6.45, 7) is 1.38. The number of carboxylic acid groups (broad SMARTS) is 1. The lowest BCUT2D eigenvalue weighted by atomic mass is 9.98. The van der Waals surface area contributed by atoms with Gasteiger partial charge in [0.05, 0.1) is 16.7 Å². The van der Waals surface area contributed by atoms with Gasteiger partial charge in [0.1, 0.15) is 16.8 Å². The van der Waals surface area contributed by atoms with E-state index in [0.29, 0.717) is 31.0 Å². The van der Waals surface area contributed by atoms with Gasteiger partial charge in [0.25, 0.3) is 0 Å². The van der Waals surface area contributed by atoms with Crippen molar-refractivity contribution in [2.75, 3.05) is 18.4 Å². The number of halogens is 1. The zero-order valence-corrected chi connectivity index (χ0v) is 17.6. The van der Waals surface area contributed by atoms with Gasteiger partial charge in [0, 0.05) is 38.6 Å². The number of hydrogen-bond acceptors (Lipinski definition) is 5. The van der Waals surface area contributed by atoms with E-state index < -0.39 is 6.09 Å². The maximum atomic E-state index is 12.9. The second-order valence-electron chi connectivity index (χ2n) is 7.65. The molecule has 0 saturated carbocycles. The number of hydrogen-bond donors (Lipinski definition) is 2. The molecule has 1 atom stereocenters. The van der Waals surface area contributed by atoms with Crippen LogP contribution in [0.2, 0.25) is 5.15 Å². The Kier molecular flexibility index (Phi) is 5.57. The summed E-state index contributed by atoms with van der Waals surface area (Å²) in [5, 5.41) is 22.0.